The van der Waals surface area contributed by atoms with Gasteiger partial charge >= 0.3 is 0 Å². The average Bonchev–Trinajstić information content (AvgIpc) is 1.93. The molecule has 0 spiro atoms. The van der Waals surface area contributed by atoms with Gasteiger partial charge in [0.25, 0.3) is 0 Å². The molecule has 1 nitrogen and oxygen atoms in total. The predicted octanol–water partition coefficient (Wildman–Crippen LogP) is 3.72. The van der Waals surface area contributed by atoms with Crippen LogP contribution < -0.4 is 0 Å². The van der Waals surface area contributed by atoms with E-state index in [1.165, 1.54) is 5.57 Å². The van der Waals surface area contributed by atoms with Gasteiger partial charge in [-0.05, 0) is 58.5 Å². The minimum Gasteiger partial charge on any atom is -0.389 e. The van der Waals surface area contributed by atoms with Crippen LogP contribution in [0.3, 0.4) is 0 Å². The largest absolute Gasteiger partial charge is 0.389 e. The zero-order chi connectivity index (χ0) is 10.1. The highest BCUT2D eigenvalue weighted by atomic mass is 79.9. The molecular formula is C10H14Br2O. The molecule has 0 bridgehead atoms. The van der Waals surface area contributed by atoms with Gasteiger partial charge in [0, 0.05) is 5.92 Å². The Kier molecular flexibility index (Phi) is 3.78. The Bertz CT molecular complexity index is 250. The highest BCUT2D eigenvalue weighted by Crippen LogP contribution is 2.35. The topological polar surface area (TPSA) is 20.2 Å². The first-order chi connectivity index (χ1) is 5.92. The lowest BCUT2D eigenvalue weighted by Gasteiger charge is -2.34. The quantitative estimate of drug-likeness (QED) is 0.732. The zero-order valence-electron chi connectivity index (χ0n) is 7.85. The van der Waals surface area contributed by atoms with Crippen molar-refractivity contribution in [3.05, 3.63) is 21.1 Å². The van der Waals surface area contributed by atoms with Crippen molar-refractivity contribution >= 4 is 31.9 Å². The third-order valence-electron chi connectivity index (χ3n) is 2.48. The molecule has 1 rings (SSSR count). The molecule has 1 N–H and O–H groups in total. The number of hydrogen-bond acceptors (Lipinski definition) is 1. The van der Waals surface area contributed by atoms with Crippen LogP contribution in [0.25, 0.3) is 0 Å². The van der Waals surface area contributed by atoms with Crippen molar-refractivity contribution in [2.75, 3.05) is 0 Å². The first kappa shape index (κ1) is 11.5. The van der Waals surface area contributed by atoms with E-state index in [1.54, 1.807) is 0 Å². The van der Waals surface area contributed by atoms with Gasteiger partial charge in [-0.25, -0.2) is 0 Å². The van der Waals surface area contributed by atoms with Gasteiger partial charge in [0.15, 0.2) is 0 Å². The standard InChI is InChI=1S/C10H14Br2O/c1-7-3-4-8(5-9(11)12)10(2,13)6-7/h3,5,8,13H,4,6H2,1-2H3. The second-order valence-corrected chi connectivity index (χ2v) is 6.66. The maximum atomic E-state index is 10.1. The van der Waals surface area contributed by atoms with Crippen LogP contribution >= 0.6 is 31.9 Å². The number of rotatable bonds is 1. The first-order valence-corrected chi connectivity index (χ1v) is 5.91. The lowest BCUT2D eigenvalue weighted by molar-refractivity contribution is 0.0141. The normalized spacial score (nSPS) is 33.9. The van der Waals surface area contributed by atoms with Crippen LogP contribution in [0.1, 0.15) is 26.7 Å². The summed E-state index contributed by atoms with van der Waals surface area (Å²) in [6.07, 6.45) is 5.89. The van der Waals surface area contributed by atoms with Crippen molar-refractivity contribution in [2.45, 2.75) is 32.3 Å². The molecule has 3 heteroatoms. The molecule has 2 atom stereocenters. The van der Waals surface area contributed by atoms with Crippen molar-refractivity contribution in [1.29, 1.82) is 0 Å². The summed E-state index contributed by atoms with van der Waals surface area (Å²) in [5.41, 5.74) is 0.673. The average molecular weight is 310 g/mol. The smallest absolute Gasteiger partial charge is 0.0722 e. The summed E-state index contributed by atoms with van der Waals surface area (Å²) < 4.78 is 0.915. The van der Waals surface area contributed by atoms with Crippen molar-refractivity contribution in [3.8, 4) is 0 Å². The minimum absolute atomic E-state index is 0.199. The molecule has 0 radical (unpaired) electrons. The Morgan fingerprint density at radius 3 is 2.77 bits per heavy atom. The number of aliphatic hydroxyl groups is 1. The van der Waals surface area contributed by atoms with E-state index in [-0.39, 0.29) is 5.92 Å². The summed E-state index contributed by atoms with van der Waals surface area (Å²) in [6, 6.07) is 0. The Morgan fingerprint density at radius 2 is 2.31 bits per heavy atom. The maximum absolute atomic E-state index is 10.1. The molecule has 1 aliphatic carbocycles. The second-order valence-electron chi connectivity index (χ2n) is 3.88. The van der Waals surface area contributed by atoms with E-state index < -0.39 is 5.60 Å². The molecule has 0 amide bonds. The fourth-order valence-electron chi connectivity index (χ4n) is 1.75. The van der Waals surface area contributed by atoms with Crippen LogP contribution in [0.2, 0.25) is 0 Å². The Balaban J connectivity index is 2.82. The summed E-state index contributed by atoms with van der Waals surface area (Å²) in [7, 11) is 0. The molecule has 0 fully saturated rings. The molecule has 0 saturated carbocycles. The summed E-state index contributed by atoms with van der Waals surface area (Å²) in [4.78, 5) is 0. The number of hydrogen-bond donors (Lipinski definition) is 1. The Morgan fingerprint density at radius 1 is 1.69 bits per heavy atom. The zero-order valence-corrected chi connectivity index (χ0v) is 11.0. The molecule has 0 aromatic rings. The van der Waals surface area contributed by atoms with Gasteiger partial charge < -0.3 is 5.11 Å². The summed E-state index contributed by atoms with van der Waals surface area (Å²) in [5, 5.41) is 10.1. The van der Waals surface area contributed by atoms with E-state index in [4.69, 9.17) is 0 Å². The molecule has 74 valence electrons. The van der Waals surface area contributed by atoms with Crippen LogP contribution in [0.4, 0.5) is 0 Å². The highest BCUT2D eigenvalue weighted by Gasteiger charge is 2.32. The summed E-state index contributed by atoms with van der Waals surface area (Å²) >= 11 is 6.65. The molecule has 0 aromatic heterocycles. The molecular weight excluding hydrogens is 296 g/mol. The van der Waals surface area contributed by atoms with Gasteiger partial charge in [-0.15, -0.1) is 0 Å². The molecule has 0 aromatic carbocycles. The number of allylic oxidation sites excluding steroid dienone is 1. The molecule has 2 unspecified atom stereocenters. The third kappa shape index (κ3) is 3.22. The SMILES string of the molecule is CC1=CCC(C=C(Br)Br)C(C)(O)C1. The van der Waals surface area contributed by atoms with Crippen LogP contribution in [0.15, 0.2) is 21.1 Å². The lowest BCUT2D eigenvalue weighted by atomic mass is 9.77. The molecule has 0 saturated heterocycles. The van der Waals surface area contributed by atoms with Crippen molar-refractivity contribution in [1.82, 2.24) is 0 Å². The maximum Gasteiger partial charge on any atom is 0.0722 e. The fourth-order valence-corrected chi connectivity index (χ4v) is 2.39. The van der Waals surface area contributed by atoms with Gasteiger partial charge in [0.05, 0.1) is 8.99 Å². The van der Waals surface area contributed by atoms with Crippen molar-refractivity contribution in [3.63, 3.8) is 0 Å². The van der Waals surface area contributed by atoms with Gasteiger partial charge in [-0.3, -0.25) is 0 Å². The fraction of sp³-hybridized carbons (Fsp3) is 0.600. The van der Waals surface area contributed by atoms with Gasteiger partial charge in [-0.2, -0.15) is 0 Å². The summed E-state index contributed by atoms with van der Waals surface area (Å²) in [6.45, 7) is 3.96. The first-order valence-electron chi connectivity index (χ1n) is 4.32. The molecule has 13 heavy (non-hydrogen) atoms. The monoisotopic (exact) mass is 308 g/mol. The van der Waals surface area contributed by atoms with Gasteiger partial charge in [-0.1, -0.05) is 17.7 Å². The van der Waals surface area contributed by atoms with E-state index in [9.17, 15) is 5.11 Å². The van der Waals surface area contributed by atoms with E-state index in [0.29, 0.717) is 0 Å². The second kappa shape index (κ2) is 4.28. The Hall–Kier alpha value is 0.400. The van der Waals surface area contributed by atoms with E-state index in [0.717, 1.165) is 16.2 Å². The van der Waals surface area contributed by atoms with E-state index >= 15 is 0 Å². The predicted molar refractivity (Wildman–Crippen MR) is 63.0 cm³/mol. The van der Waals surface area contributed by atoms with Crippen LogP contribution in [0.5, 0.6) is 0 Å². The molecule has 0 heterocycles. The van der Waals surface area contributed by atoms with E-state index in [1.807, 2.05) is 13.0 Å². The molecule has 1 aliphatic rings. The lowest BCUT2D eigenvalue weighted by Crippen LogP contribution is -2.35. The van der Waals surface area contributed by atoms with Crippen LogP contribution in [-0.4, -0.2) is 10.7 Å². The van der Waals surface area contributed by atoms with Crippen LogP contribution in [0, 0.1) is 5.92 Å². The van der Waals surface area contributed by atoms with Gasteiger partial charge in [0.2, 0.25) is 0 Å². The minimum atomic E-state index is -0.606. The number of halogens is 2. The van der Waals surface area contributed by atoms with Crippen LogP contribution in [-0.2, 0) is 0 Å². The Labute approximate surface area is 96.2 Å². The molecule has 0 aliphatic heterocycles. The highest BCUT2D eigenvalue weighted by molar-refractivity contribution is 9.28. The third-order valence-corrected chi connectivity index (χ3v) is 3.01. The van der Waals surface area contributed by atoms with Gasteiger partial charge in [0.1, 0.15) is 0 Å². The van der Waals surface area contributed by atoms with E-state index in [2.05, 4.69) is 44.9 Å². The van der Waals surface area contributed by atoms with Crippen molar-refractivity contribution in [2.24, 2.45) is 5.92 Å². The summed E-state index contributed by atoms with van der Waals surface area (Å²) in [5.74, 6) is 0.199. The van der Waals surface area contributed by atoms with Crippen molar-refractivity contribution < 1.29 is 5.11 Å².